The molecule has 0 amide bonds. The molecule has 0 aliphatic carbocycles. The van der Waals surface area contributed by atoms with Crippen molar-refractivity contribution in [3.63, 3.8) is 0 Å². The van der Waals surface area contributed by atoms with Crippen molar-refractivity contribution in [2.24, 2.45) is 0 Å². The molecule has 0 radical (unpaired) electrons. The van der Waals surface area contributed by atoms with Crippen LogP contribution in [0.2, 0.25) is 0 Å². The highest BCUT2D eigenvalue weighted by Gasteiger charge is 2.08. The normalized spacial score (nSPS) is 10.9. The lowest BCUT2D eigenvalue weighted by Crippen LogP contribution is -1.98. The summed E-state index contributed by atoms with van der Waals surface area (Å²) in [6.07, 6.45) is 8.29. The molecule has 8 heteroatoms. The van der Waals surface area contributed by atoms with Crippen LogP contribution in [0.5, 0.6) is 5.75 Å². The van der Waals surface area contributed by atoms with Crippen LogP contribution in [-0.2, 0) is 6.61 Å². The summed E-state index contributed by atoms with van der Waals surface area (Å²) >= 11 is 0. The van der Waals surface area contributed by atoms with E-state index in [1.807, 2.05) is 54.6 Å². The monoisotopic (exact) mass is 471 g/mol. The lowest BCUT2D eigenvalue weighted by molar-refractivity contribution is 0.306. The van der Waals surface area contributed by atoms with Crippen molar-refractivity contribution < 1.29 is 4.74 Å². The number of anilines is 2. The van der Waals surface area contributed by atoms with Gasteiger partial charge in [0.2, 0.25) is 0 Å². The van der Waals surface area contributed by atoms with E-state index >= 15 is 0 Å². The third-order valence-electron chi connectivity index (χ3n) is 5.79. The summed E-state index contributed by atoms with van der Waals surface area (Å²) in [7, 11) is 0. The van der Waals surface area contributed by atoms with Crippen LogP contribution >= 0.6 is 0 Å². The van der Waals surface area contributed by atoms with Gasteiger partial charge in [-0.2, -0.15) is 5.10 Å². The summed E-state index contributed by atoms with van der Waals surface area (Å²) in [6.45, 7) is 0.504. The Bertz CT molecular complexity index is 1580. The van der Waals surface area contributed by atoms with Gasteiger partial charge in [-0.25, -0.2) is 19.6 Å². The molecule has 3 heterocycles. The Morgan fingerprint density at radius 3 is 2.33 bits per heavy atom. The minimum absolute atomic E-state index is 0.504. The van der Waals surface area contributed by atoms with Crippen molar-refractivity contribution in [3.8, 4) is 22.6 Å². The molecule has 0 aliphatic heterocycles. The molecule has 36 heavy (non-hydrogen) atoms. The molecule has 0 saturated carbocycles. The number of fused-ring (bicyclic) bond motifs is 1. The zero-order valence-electron chi connectivity index (χ0n) is 19.2. The van der Waals surface area contributed by atoms with E-state index in [0.717, 1.165) is 50.5 Å². The second kappa shape index (κ2) is 9.63. The van der Waals surface area contributed by atoms with E-state index < -0.39 is 0 Å². The topological polar surface area (TPSA) is 90.6 Å². The first-order valence-corrected chi connectivity index (χ1v) is 11.4. The summed E-state index contributed by atoms with van der Waals surface area (Å²) < 4.78 is 7.62. The molecule has 0 spiro atoms. The Balaban J connectivity index is 1.22. The number of benzene rings is 3. The second-order valence-electron chi connectivity index (χ2n) is 8.13. The lowest BCUT2D eigenvalue weighted by Gasteiger charge is -2.11. The molecule has 6 aromatic rings. The van der Waals surface area contributed by atoms with Gasteiger partial charge in [0.1, 0.15) is 37.2 Å². The minimum atomic E-state index is 0.504. The van der Waals surface area contributed by atoms with E-state index in [2.05, 4.69) is 54.6 Å². The fourth-order valence-corrected chi connectivity index (χ4v) is 3.90. The Morgan fingerprint density at radius 1 is 0.750 bits per heavy atom. The number of rotatable bonds is 7. The van der Waals surface area contributed by atoms with Gasteiger partial charge in [-0.1, -0.05) is 18.2 Å². The predicted molar refractivity (Wildman–Crippen MR) is 138 cm³/mol. The maximum Gasteiger partial charge on any atom is 0.141 e. The van der Waals surface area contributed by atoms with Gasteiger partial charge in [-0.05, 0) is 77.4 Å². The van der Waals surface area contributed by atoms with Crippen LogP contribution < -0.4 is 10.1 Å². The Labute approximate surface area is 207 Å². The van der Waals surface area contributed by atoms with Gasteiger partial charge in [0, 0.05) is 23.5 Å². The Hall–Kier alpha value is -5.11. The molecular weight excluding hydrogens is 450 g/mol. The molecule has 0 aliphatic rings. The fraction of sp³-hybridized carbons (Fsp3) is 0.0357. The second-order valence-corrected chi connectivity index (χ2v) is 8.13. The molecular formula is C28H21N7O. The molecule has 0 saturated heterocycles. The van der Waals surface area contributed by atoms with Crippen LogP contribution in [0.3, 0.4) is 0 Å². The zero-order chi connectivity index (χ0) is 24.2. The third kappa shape index (κ3) is 4.60. The smallest absolute Gasteiger partial charge is 0.141 e. The number of ether oxygens (including phenoxy) is 1. The summed E-state index contributed by atoms with van der Waals surface area (Å²) in [5.41, 5.74) is 5.95. The van der Waals surface area contributed by atoms with Gasteiger partial charge < -0.3 is 10.1 Å². The van der Waals surface area contributed by atoms with E-state index in [0.29, 0.717) is 6.61 Å². The average Bonchev–Trinajstić information content (AvgIpc) is 3.48. The highest BCUT2D eigenvalue weighted by Crippen LogP contribution is 2.30. The first-order valence-electron chi connectivity index (χ1n) is 11.4. The van der Waals surface area contributed by atoms with Gasteiger partial charge in [0.05, 0.1) is 11.2 Å². The van der Waals surface area contributed by atoms with E-state index in [9.17, 15) is 0 Å². The van der Waals surface area contributed by atoms with Crippen LogP contribution in [0.25, 0.3) is 27.7 Å². The maximum absolute atomic E-state index is 5.90. The van der Waals surface area contributed by atoms with E-state index in [4.69, 9.17) is 4.74 Å². The molecule has 174 valence electrons. The molecule has 6 rings (SSSR count). The zero-order valence-corrected chi connectivity index (χ0v) is 19.2. The van der Waals surface area contributed by atoms with Crippen molar-refractivity contribution in [1.29, 1.82) is 0 Å². The highest BCUT2D eigenvalue weighted by molar-refractivity contribution is 5.93. The van der Waals surface area contributed by atoms with E-state index in [-0.39, 0.29) is 0 Å². The molecule has 0 bridgehead atoms. The van der Waals surface area contributed by atoms with Crippen LogP contribution in [0.1, 0.15) is 5.56 Å². The molecule has 3 aromatic carbocycles. The van der Waals surface area contributed by atoms with Gasteiger partial charge in [-0.3, -0.25) is 4.98 Å². The number of nitrogens with one attached hydrogen (secondary N) is 1. The quantitative estimate of drug-likeness (QED) is 0.324. The predicted octanol–water partition coefficient (Wildman–Crippen LogP) is 5.60. The molecule has 3 aromatic heterocycles. The number of pyridine rings is 1. The summed E-state index contributed by atoms with van der Waals surface area (Å²) in [6, 6.07) is 26.1. The van der Waals surface area contributed by atoms with Crippen molar-refractivity contribution >= 4 is 22.4 Å². The van der Waals surface area contributed by atoms with Gasteiger partial charge in [-0.15, -0.1) is 0 Å². The molecule has 8 nitrogen and oxygen atoms in total. The van der Waals surface area contributed by atoms with Crippen LogP contribution in [0.15, 0.2) is 110 Å². The summed E-state index contributed by atoms with van der Waals surface area (Å²) in [5.74, 6) is 1.56. The number of nitrogens with zero attached hydrogens (tertiary/aromatic N) is 6. The first-order chi connectivity index (χ1) is 17.8. The van der Waals surface area contributed by atoms with E-state index in [1.165, 1.54) is 6.33 Å². The van der Waals surface area contributed by atoms with Gasteiger partial charge in [0.15, 0.2) is 0 Å². The number of hydrogen-bond acceptors (Lipinski definition) is 7. The SMILES string of the molecule is c1cc(COc2ccc(-c3ccc4ncnc(Nc5ccc(-n6cncn6)cc5)c4c3)cc2)ccn1. The van der Waals surface area contributed by atoms with Gasteiger partial charge in [0.25, 0.3) is 0 Å². The Kier molecular flexibility index (Phi) is 5.73. The van der Waals surface area contributed by atoms with Crippen molar-refractivity contribution in [2.75, 3.05) is 5.32 Å². The van der Waals surface area contributed by atoms with Crippen LogP contribution in [0.4, 0.5) is 11.5 Å². The molecule has 1 N–H and O–H groups in total. The van der Waals surface area contributed by atoms with Crippen LogP contribution in [-0.4, -0.2) is 29.7 Å². The molecule has 0 fully saturated rings. The lowest BCUT2D eigenvalue weighted by atomic mass is 10.0. The van der Waals surface area contributed by atoms with Crippen molar-refractivity contribution in [3.05, 3.63) is 116 Å². The molecule has 0 unspecified atom stereocenters. The van der Waals surface area contributed by atoms with Crippen molar-refractivity contribution in [1.82, 2.24) is 29.7 Å². The van der Waals surface area contributed by atoms with Gasteiger partial charge >= 0.3 is 0 Å². The highest BCUT2D eigenvalue weighted by atomic mass is 16.5. The fourth-order valence-electron chi connectivity index (χ4n) is 3.90. The third-order valence-corrected chi connectivity index (χ3v) is 5.79. The first kappa shape index (κ1) is 21.4. The summed E-state index contributed by atoms with van der Waals surface area (Å²) in [5, 5.41) is 8.52. The Morgan fingerprint density at radius 2 is 1.56 bits per heavy atom. The average molecular weight is 472 g/mol. The number of aromatic nitrogens is 6. The van der Waals surface area contributed by atoms with Crippen molar-refractivity contribution in [2.45, 2.75) is 6.61 Å². The number of hydrogen-bond donors (Lipinski definition) is 1. The van der Waals surface area contributed by atoms with Crippen LogP contribution in [0, 0.1) is 0 Å². The van der Waals surface area contributed by atoms with E-state index in [1.54, 1.807) is 29.7 Å². The summed E-state index contributed by atoms with van der Waals surface area (Å²) in [4.78, 5) is 17.0. The largest absolute Gasteiger partial charge is 0.489 e. The maximum atomic E-state index is 5.90. The standard InChI is InChI=1S/C28H21N7O/c1-8-25(36-16-20-11-13-29-14-12-20)9-2-21(1)22-3-10-27-26(15-22)28(32-18-31-27)34-23-4-6-24(7-5-23)35-19-30-17-33-35/h1-15,17-19H,16H2,(H,31,32,34). The molecule has 0 atom stereocenters. The minimum Gasteiger partial charge on any atom is -0.489 e.